The van der Waals surface area contributed by atoms with E-state index in [0.717, 1.165) is 5.56 Å². The molecule has 0 spiro atoms. The number of amides is 3. The predicted molar refractivity (Wildman–Crippen MR) is 118 cm³/mol. The third-order valence-electron chi connectivity index (χ3n) is 6.57. The van der Waals surface area contributed by atoms with Crippen molar-refractivity contribution in [2.45, 2.75) is 12.8 Å². The zero-order valence-electron chi connectivity index (χ0n) is 18.2. The normalized spacial score (nSPS) is 22.3. The van der Waals surface area contributed by atoms with Crippen LogP contribution in [0.15, 0.2) is 60.7 Å². The summed E-state index contributed by atoms with van der Waals surface area (Å²) in [6, 6.07) is 19.1. The number of hydrogen-bond donors (Lipinski definition) is 0. The highest BCUT2D eigenvalue weighted by Gasteiger charge is 2.59. The summed E-state index contributed by atoms with van der Waals surface area (Å²) in [5.41, 5.74) is 1.04. The Bertz CT molecular complexity index is 960. The first-order valence-corrected chi connectivity index (χ1v) is 10.8. The lowest BCUT2D eigenvalue weighted by Gasteiger charge is -2.30. The first kappa shape index (κ1) is 21.1. The fourth-order valence-electron chi connectivity index (χ4n) is 4.98. The Kier molecular flexibility index (Phi) is 5.81. The van der Waals surface area contributed by atoms with Gasteiger partial charge < -0.3 is 14.7 Å². The van der Waals surface area contributed by atoms with Crippen LogP contribution in [0.25, 0.3) is 0 Å². The third kappa shape index (κ3) is 4.07. The van der Waals surface area contributed by atoms with Crippen LogP contribution in [0, 0.1) is 11.3 Å². The largest absolute Gasteiger partial charge is 0.348 e. The van der Waals surface area contributed by atoms with Crippen molar-refractivity contribution in [1.82, 2.24) is 14.7 Å². The molecule has 6 nitrogen and oxygen atoms in total. The van der Waals surface area contributed by atoms with Gasteiger partial charge in [-0.3, -0.25) is 14.4 Å². The number of nitrogens with zero attached hydrogens (tertiary/aromatic N) is 3. The van der Waals surface area contributed by atoms with E-state index < -0.39 is 5.41 Å². The Morgan fingerprint density at radius 1 is 0.903 bits per heavy atom. The first-order chi connectivity index (χ1) is 14.9. The van der Waals surface area contributed by atoms with E-state index in [1.807, 2.05) is 53.4 Å². The van der Waals surface area contributed by atoms with Crippen molar-refractivity contribution in [3.63, 3.8) is 0 Å². The zero-order valence-corrected chi connectivity index (χ0v) is 18.2. The average molecular weight is 420 g/mol. The molecule has 0 radical (unpaired) electrons. The van der Waals surface area contributed by atoms with Gasteiger partial charge >= 0.3 is 0 Å². The molecule has 2 saturated heterocycles. The van der Waals surface area contributed by atoms with Crippen molar-refractivity contribution in [3.05, 3.63) is 71.8 Å². The molecule has 2 heterocycles. The topological polar surface area (TPSA) is 60.9 Å². The Hall–Kier alpha value is -3.15. The minimum atomic E-state index is -0.726. The van der Waals surface area contributed by atoms with Crippen LogP contribution in [0.5, 0.6) is 0 Å². The van der Waals surface area contributed by atoms with Gasteiger partial charge in [0.15, 0.2) is 0 Å². The van der Waals surface area contributed by atoms with E-state index in [9.17, 15) is 14.4 Å². The molecule has 31 heavy (non-hydrogen) atoms. The van der Waals surface area contributed by atoms with E-state index in [1.54, 1.807) is 36.0 Å². The van der Waals surface area contributed by atoms with Crippen LogP contribution in [-0.4, -0.2) is 72.7 Å². The second-order valence-corrected chi connectivity index (χ2v) is 8.86. The quantitative estimate of drug-likeness (QED) is 0.747. The summed E-state index contributed by atoms with van der Waals surface area (Å²) in [5, 5.41) is 0. The standard InChI is InChI=1S/C25H29N3O3/c1-26(2)24(31)25-17-27(22(29)14-13-19-9-5-3-6-10-19)15-21(25)16-28(18-25)23(30)20-11-7-4-8-12-20/h3-12,21H,13-18H2,1-2H3/t21-,25-/m1/s1. The number of hydrogen-bond acceptors (Lipinski definition) is 3. The highest BCUT2D eigenvalue weighted by Crippen LogP contribution is 2.44. The molecule has 4 rings (SSSR count). The lowest BCUT2D eigenvalue weighted by molar-refractivity contribution is -0.140. The Balaban J connectivity index is 1.48. The van der Waals surface area contributed by atoms with Crippen LogP contribution in [0.1, 0.15) is 22.3 Å². The summed E-state index contributed by atoms with van der Waals surface area (Å²) >= 11 is 0. The Morgan fingerprint density at radius 2 is 1.48 bits per heavy atom. The summed E-state index contributed by atoms with van der Waals surface area (Å²) in [5.74, 6) is -0.0250. The number of aryl methyl sites for hydroxylation is 1. The van der Waals surface area contributed by atoms with Gasteiger partial charge in [0.25, 0.3) is 5.91 Å². The van der Waals surface area contributed by atoms with E-state index in [1.165, 1.54) is 0 Å². The van der Waals surface area contributed by atoms with Crippen LogP contribution in [0.2, 0.25) is 0 Å². The van der Waals surface area contributed by atoms with E-state index in [2.05, 4.69) is 0 Å². The van der Waals surface area contributed by atoms with Gasteiger partial charge in [0, 0.05) is 58.2 Å². The lowest BCUT2D eigenvalue weighted by Crippen LogP contribution is -2.48. The fraction of sp³-hybridized carbons (Fsp3) is 0.400. The Labute approximate surface area is 183 Å². The fourth-order valence-corrected chi connectivity index (χ4v) is 4.98. The van der Waals surface area contributed by atoms with Gasteiger partial charge in [-0.1, -0.05) is 48.5 Å². The van der Waals surface area contributed by atoms with Crippen molar-refractivity contribution in [3.8, 4) is 0 Å². The molecule has 3 amide bonds. The SMILES string of the molecule is CN(C)C(=O)[C@@]12CN(C(=O)CCc3ccccc3)C[C@@H]1CN(C(=O)c1ccccc1)C2. The van der Waals surface area contributed by atoms with Crippen molar-refractivity contribution in [1.29, 1.82) is 0 Å². The van der Waals surface area contributed by atoms with Crippen molar-refractivity contribution in [2.75, 3.05) is 40.3 Å². The lowest BCUT2D eigenvalue weighted by atomic mass is 9.80. The molecular formula is C25H29N3O3. The molecule has 0 saturated carbocycles. The number of likely N-dealkylation sites (tertiary alicyclic amines) is 2. The molecule has 6 heteroatoms. The van der Waals surface area contributed by atoms with Crippen molar-refractivity contribution in [2.24, 2.45) is 11.3 Å². The maximum Gasteiger partial charge on any atom is 0.253 e. The highest BCUT2D eigenvalue weighted by molar-refractivity contribution is 5.96. The van der Waals surface area contributed by atoms with Crippen LogP contribution in [0.4, 0.5) is 0 Å². The maximum atomic E-state index is 13.3. The van der Waals surface area contributed by atoms with Gasteiger partial charge in [-0.2, -0.15) is 0 Å². The van der Waals surface area contributed by atoms with Crippen LogP contribution < -0.4 is 0 Å². The van der Waals surface area contributed by atoms with Crippen LogP contribution in [0.3, 0.4) is 0 Å². The van der Waals surface area contributed by atoms with Gasteiger partial charge in [-0.25, -0.2) is 0 Å². The zero-order chi connectivity index (χ0) is 22.0. The molecule has 2 atom stereocenters. The number of carbonyl (C=O) groups excluding carboxylic acids is 3. The van der Waals surface area contributed by atoms with Crippen LogP contribution in [-0.2, 0) is 16.0 Å². The monoisotopic (exact) mass is 419 g/mol. The second kappa shape index (κ2) is 8.53. The number of fused-ring (bicyclic) bond motifs is 1. The molecule has 0 aliphatic carbocycles. The van der Waals surface area contributed by atoms with Crippen molar-refractivity contribution < 1.29 is 14.4 Å². The number of rotatable bonds is 5. The molecule has 2 aliphatic heterocycles. The van der Waals surface area contributed by atoms with Crippen molar-refractivity contribution >= 4 is 17.7 Å². The summed E-state index contributed by atoms with van der Waals surface area (Å²) in [6.45, 7) is 1.74. The minimum Gasteiger partial charge on any atom is -0.348 e. The molecule has 0 bridgehead atoms. The first-order valence-electron chi connectivity index (χ1n) is 10.8. The summed E-state index contributed by atoms with van der Waals surface area (Å²) in [4.78, 5) is 44.4. The summed E-state index contributed by atoms with van der Waals surface area (Å²) < 4.78 is 0. The van der Waals surface area contributed by atoms with E-state index in [4.69, 9.17) is 0 Å². The maximum absolute atomic E-state index is 13.3. The summed E-state index contributed by atoms with van der Waals surface area (Å²) in [6.07, 6.45) is 1.11. The third-order valence-corrected chi connectivity index (χ3v) is 6.57. The highest BCUT2D eigenvalue weighted by atomic mass is 16.2. The average Bonchev–Trinajstić information content (AvgIpc) is 3.33. The molecule has 162 valence electrons. The number of benzene rings is 2. The molecule has 2 aromatic carbocycles. The van der Waals surface area contributed by atoms with Gasteiger partial charge in [0.1, 0.15) is 0 Å². The molecule has 2 aromatic rings. The summed E-state index contributed by atoms with van der Waals surface area (Å²) in [7, 11) is 3.49. The Morgan fingerprint density at radius 3 is 2.13 bits per heavy atom. The van der Waals surface area contributed by atoms with E-state index in [0.29, 0.717) is 44.6 Å². The molecule has 2 aliphatic rings. The van der Waals surface area contributed by atoms with Gasteiger partial charge in [-0.15, -0.1) is 0 Å². The number of carbonyl (C=O) groups is 3. The van der Waals surface area contributed by atoms with Gasteiger partial charge in [-0.05, 0) is 24.1 Å². The molecular weight excluding hydrogens is 390 g/mol. The second-order valence-electron chi connectivity index (χ2n) is 8.86. The smallest absolute Gasteiger partial charge is 0.253 e. The molecule has 0 unspecified atom stereocenters. The molecule has 2 fully saturated rings. The van der Waals surface area contributed by atoms with Gasteiger partial charge in [0.05, 0.1) is 5.41 Å². The van der Waals surface area contributed by atoms with E-state index in [-0.39, 0.29) is 23.6 Å². The van der Waals surface area contributed by atoms with E-state index >= 15 is 0 Å². The van der Waals surface area contributed by atoms with Crippen LogP contribution >= 0.6 is 0 Å². The predicted octanol–water partition coefficient (Wildman–Crippen LogP) is 2.31. The molecule has 0 aromatic heterocycles. The van der Waals surface area contributed by atoms with Gasteiger partial charge in [0.2, 0.25) is 11.8 Å². The minimum absolute atomic E-state index is 0.000721. The molecule has 0 N–H and O–H groups in total.